The predicted octanol–water partition coefficient (Wildman–Crippen LogP) is 4.50. The van der Waals surface area contributed by atoms with Crippen LogP contribution in [0.4, 0.5) is 14.9 Å². The molecular formula is C29H39FN6O. The molecule has 3 heterocycles. The number of piperidine rings is 1. The molecule has 4 fully saturated rings. The first-order valence-electron chi connectivity index (χ1n) is 13.9. The van der Waals surface area contributed by atoms with Gasteiger partial charge in [0.2, 0.25) is 0 Å². The average Bonchev–Trinajstić information content (AvgIpc) is 3.71. The van der Waals surface area contributed by atoms with Crippen molar-refractivity contribution in [3.63, 3.8) is 0 Å². The minimum absolute atomic E-state index is 0.114. The number of hydrogen-bond acceptors (Lipinski definition) is 5. The van der Waals surface area contributed by atoms with E-state index in [0.29, 0.717) is 5.92 Å². The van der Waals surface area contributed by atoms with Gasteiger partial charge in [-0.25, -0.2) is 19.2 Å². The summed E-state index contributed by atoms with van der Waals surface area (Å²) in [4.78, 5) is 31.4. The van der Waals surface area contributed by atoms with Crippen molar-refractivity contribution in [3.05, 3.63) is 54.4 Å². The predicted molar refractivity (Wildman–Crippen MR) is 142 cm³/mol. The van der Waals surface area contributed by atoms with Crippen LogP contribution in [0.3, 0.4) is 0 Å². The standard InChI is InChI=1S/C29H39FN6O/c1-33(2)29(23-4-3-5-24(30)16-23)12-10-28(11-13-29)20-35(27(37)36(28)19-22-6-7-22)25-8-14-34(15-9-25)26-17-31-21-32-18-26/h3-5,16-18,21-22,25H,6-15,19-20H2,1-2H3/t28-,29+. The van der Waals surface area contributed by atoms with Crippen LogP contribution >= 0.6 is 0 Å². The highest BCUT2D eigenvalue weighted by atomic mass is 19.1. The van der Waals surface area contributed by atoms with E-state index in [-0.39, 0.29) is 29.0 Å². The molecule has 0 atom stereocenters. The average molecular weight is 507 g/mol. The molecule has 37 heavy (non-hydrogen) atoms. The van der Waals surface area contributed by atoms with Crippen LogP contribution in [0.5, 0.6) is 0 Å². The van der Waals surface area contributed by atoms with Crippen LogP contribution < -0.4 is 4.90 Å². The van der Waals surface area contributed by atoms with E-state index in [1.807, 2.05) is 18.5 Å². The Balaban J connectivity index is 1.20. The van der Waals surface area contributed by atoms with Crippen LogP contribution in [0.25, 0.3) is 0 Å². The zero-order valence-corrected chi connectivity index (χ0v) is 22.2. The summed E-state index contributed by atoms with van der Waals surface area (Å²) in [5, 5.41) is 0. The number of rotatable bonds is 6. The van der Waals surface area contributed by atoms with Gasteiger partial charge in [0.15, 0.2) is 0 Å². The van der Waals surface area contributed by atoms with Crippen molar-refractivity contribution in [1.29, 1.82) is 0 Å². The Kier molecular flexibility index (Phi) is 6.33. The number of carbonyl (C=O) groups is 1. The summed E-state index contributed by atoms with van der Waals surface area (Å²) in [5.74, 6) is 0.481. The molecule has 0 unspecified atom stereocenters. The zero-order chi connectivity index (χ0) is 25.6. The molecule has 1 aromatic carbocycles. The monoisotopic (exact) mass is 506 g/mol. The number of anilines is 1. The first kappa shape index (κ1) is 24.6. The van der Waals surface area contributed by atoms with Crippen molar-refractivity contribution in [2.45, 2.75) is 68.5 Å². The molecular weight excluding hydrogens is 467 g/mol. The number of urea groups is 1. The Morgan fingerprint density at radius 2 is 1.73 bits per heavy atom. The second-order valence-corrected chi connectivity index (χ2v) is 11.9. The Morgan fingerprint density at radius 1 is 1.03 bits per heavy atom. The molecule has 0 radical (unpaired) electrons. The van der Waals surface area contributed by atoms with Crippen molar-refractivity contribution < 1.29 is 9.18 Å². The number of aromatic nitrogens is 2. The second kappa shape index (κ2) is 9.53. The maximum Gasteiger partial charge on any atom is 0.320 e. The summed E-state index contributed by atoms with van der Waals surface area (Å²) in [6.07, 6.45) is 13.5. The summed E-state index contributed by atoms with van der Waals surface area (Å²) in [6.45, 7) is 3.55. The van der Waals surface area contributed by atoms with E-state index in [1.165, 1.54) is 18.9 Å². The van der Waals surface area contributed by atoms with Gasteiger partial charge in [-0.1, -0.05) is 12.1 Å². The maximum absolute atomic E-state index is 14.2. The number of nitrogens with zero attached hydrogens (tertiary/aromatic N) is 6. The molecule has 1 aromatic heterocycles. The van der Waals surface area contributed by atoms with E-state index in [9.17, 15) is 9.18 Å². The van der Waals surface area contributed by atoms with Crippen molar-refractivity contribution in [2.75, 3.05) is 45.2 Å². The molecule has 8 heteroatoms. The minimum Gasteiger partial charge on any atom is -0.369 e. The maximum atomic E-state index is 14.2. The lowest BCUT2D eigenvalue weighted by Gasteiger charge is -2.51. The van der Waals surface area contributed by atoms with Gasteiger partial charge in [-0.3, -0.25) is 4.90 Å². The van der Waals surface area contributed by atoms with Gasteiger partial charge >= 0.3 is 6.03 Å². The molecule has 2 aliphatic heterocycles. The van der Waals surface area contributed by atoms with Gasteiger partial charge in [0.25, 0.3) is 0 Å². The molecule has 2 aromatic rings. The number of hydrogen-bond donors (Lipinski definition) is 0. The van der Waals surface area contributed by atoms with E-state index in [0.717, 1.165) is 76.0 Å². The molecule has 7 nitrogen and oxygen atoms in total. The lowest BCUT2D eigenvalue weighted by Crippen LogP contribution is -2.55. The highest BCUT2D eigenvalue weighted by molar-refractivity contribution is 5.79. The zero-order valence-electron chi connectivity index (χ0n) is 22.2. The molecule has 0 N–H and O–H groups in total. The molecule has 1 spiro atoms. The van der Waals surface area contributed by atoms with Crippen LogP contribution in [0.1, 0.15) is 56.9 Å². The molecule has 4 aliphatic rings. The van der Waals surface area contributed by atoms with E-state index in [4.69, 9.17) is 0 Å². The quantitative estimate of drug-likeness (QED) is 0.577. The van der Waals surface area contributed by atoms with Crippen LogP contribution in [-0.4, -0.2) is 82.6 Å². The van der Waals surface area contributed by atoms with E-state index in [1.54, 1.807) is 12.4 Å². The van der Waals surface area contributed by atoms with Gasteiger partial charge in [0.05, 0.1) is 23.6 Å². The minimum atomic E-state index is -0.196. The smallest absolute Gasteiger partial charge is 0.320 e. The van der Waals surface area contributed by atoms with E-state index < -0.39 is 0 Å². The number of halogens is 1. The van der Waals surface area contributed by atoms with Gasteiger partial charge in [-0.15, -0.1) is 0 Å². The fourth-order valence-electron chi connectivity index (χ4n) is 7.16. The third-order valence-corrected chi connectivity index (χ3v) is 9.69. The topological polar surface area (TPSA) is 55.8 Å². The third kappa shape index (κ3) is 4.47. The van der Waals surface area contributed by atoms with Crippen LogP contribution in [0.2, 0.25) is 0 Å². The molecule has 6 rings (SSSR count). The molecule has 2 saturated heterocycles. The summed E-state index contributed by atoms with van der Waals surface area (Å²) in [7, 11) is 4.23. The molecule has 0 bridgehead atoms. The lowest BCUT2D eigenvalue weighted by molar-refractivity contribution is 0.0224. The van der Waals surface area contributed by atoms with Crippen LogP contribution in [-0.2, 0) is 5.54 Å². The van der Waals surface area contributed by atoms with Crippen LogP contribution in [0.15, 0.2) is 43.0 Å². The second-order valence-electron chi connectivity index (χ2n) is 11.9. The Morgan fingerprint density at radius 3 is 2.35 bits per heavy atom. The lowest BCUT2D eigenvalue weighted by atomic mass is 9.68. The van der Waals surface area contributed by atoms with Crippen molar-refractivity contribution >= 4 is 11.7 Å². The first-order valence-corrected chi connectivity index (χ1v) is 13.9. The summed E-state index contributed by atoms with van der Waals surface area (Å²) >= 11 is 0. The summed E-state index contributed by atoms with van der Waals surface area (Å²) < 4.78 is 14.2. The van der Waals surface area contributed by atoms with Gasteiger partial charge < -0.3 is 14.7 Å². The van der Waals surface area contributed by atoms with Gasteiger partial charge in [0.1, 0.15) is 12.1 Å². The first-order chi connectivity index (χ1) is 17.9. The fraction of sp³-hybridized carbons (Fsp3) is 0.621. The SMILES string of the molecule is CN(C)[C@]1(c2cccc(F)c2)CC[C@]2(CC1)CN(C1CCN(c3cncnc3)CC1)C(=O)N2CC1CC1. The van der Waals surface area contributed by atoms with Crippen LogP contribution in [0, 0.1) is 11.7 Å². The highest BCUT2D eigenvalue weighted by Crippen LogP contribution is 2.50. The van der Waals surface area contributed by atoms with Gasteiger partial charge in [0, 0.05) is 37.8 Å². The normalized spacial score (nSPS) is 29.1. The molecule has 2 aliphatic carbocycles. The van der Waals surface area contributed by atoms with Gasteiger partial charge in [-0.2, -0.15) is 0 Å². The fourth-order valence-corrected chi connectivity index (χ4v) is 7.16. The van der Waals surface area contributed by atoms with Crippen molar-refractivity contribution in [3.8, 4) is 0 Å². The van der Waals surface area contributed by atoms with E-state index >= 15 is 0 Å². The Labute approximate surface area is 219 Å². The third-order valence-electron chi connectivity index (χ3n) is 9.69. The molecule has 2 saturated carbocycles. The van der Waals surface area contributed by atoms with Crippen molar-refractivity contribution in [2.24, 2.45) is 5.92 Å². The number of amides is 2. The van der Waals surface area contributed by atoms with E-state index in [2.05, 4.69) is 49.7 Å². The number of benzene rings is 1. The van der Waals surface area contributed by atoms with Gasteiger partial charge in [-0.05, 0) is 89.1 Å². The number of carbonyl (C=O) groups excluding carboxylic acids is 1. The Hall–Kier alpha value is -2.74. The summed E-state index contributed by atoms with van der Waals surface area (Å²) in [5.41, 5.74) is 1.81. The Bertz CT molecular complexity index is 1110. The molecule has 2 amide bonds. The highest BCUT2D eigenvalue weighted by Gasteiger charge is 2.56. The summed E-state index contributed by atoms with van der Waals surface area (Å²) in [6, 6.07) is 7.65. The van der Waals surface area contributed by atoms with Crippen molar-refractivity contribution in [1.82, 2.24) is 24.7 Å². The largest absolute Gasteiger partial charge is 0.369 e. The molecule has 198 valence electrons.